The number of aromatic nitrogens is 1. The number of piperazine rings is 1. The average molecular weight is 303 g/mol. The summed E-state index contributed by atoms with van der Waals surface area (Å²) in [5.74, 6) is -0.152. The van der Waals surface area contributed by atoms with E-state index in [9.17, 15) is 22.8 Å². The molecule has 5 nitrogen and oxygen atoms in total. The summed E-state index contributed by atoms with van der Waals surface area (Å²) >= 11 is 0. The number of amides is 1. The normalized spacial score (nSPS) is 16.0. The van der Waals surface area contributed by atoms with E-state index in [2.05, 4.69) is 5.32 Å². The minimum atomic E-state index is -4.50. The zero-order chi connectivity index (χ0) is 15.5. The highest BCUT2D eigenvalue weighted by Gasteiger charge is 2.31. The Hall–Kier alpha value is -1.83. The molecule has 2 heterocycles. The monoisotopic (exact) mass is 303 g/mol. The van der Waals surface area contributed by atoms with Crippen molar-refractivity contribution in [3.8, 4) is 0 Å². The Morgan fingerprint density at radius 1 is 1.24 bits per heavy atom. The van der Waals surface area contributed by atoms with Crippen molar-refractivity contribution in [3.05, 3.63) is 34.2 Å². The van der Waals surface area contributed by atoms with Gasteiger partial charge in [-0.3, -0.25) is 9.59 Å². The first-order valence-corrected chi connectivity index (χ1v) is 6.64. The SMILES string of the molecule is O=C(CCn1cc(C(F)(F)F)ccc1=O)N1CCNCC1. The Balaban J connectivity index is 2.02. The van der Waals surface area contributed by atoms with Crippen molar-refractivity contribution in [2.45, 2.75) is 19.1 Å². The fourth-order valence-corrected chi connectivity index (χ4v) is 2.16. The van der Waals surface area contributed by atoms with Crippen LogP contribution in [0.25, 0.3) is 0 Å². The fraction of sp³-hybridized carbons (Fsp3) is 0.538. The number of nitrogens with one attached hydrogen (secondary N) is 1. The largest absolute Gasteiger partial charge is 0.417 e. The van der Waals surface area contributed by atoms with Crippen LogP contribution >= 0.6 is 0 Å². The molecule has 1 saturated heterocycles. The van der Waals surface area contributed by atoms with E-state index in [1.807, 2.05) is 0 Å². The molecule has 1 aromatic heterocycles. The smallest absolute Gasteiger partial charge is 0.340 e. The van der Waals surface area contributed by atoms with Gasteiger partial charge < -0.3 is 14.8 Å². The van der Waals surface area contributed by atoms with E-state index in [0.29, 0.717) is 26.2 Å². The van der Waals surface area contributed by atoms with Crippen LogP contribution in [-0.4, -0.2) is 41.6 Å². The van der Waals surface area contributed by atoms with Gasteiger partial charge in [0.15, 0.2) is 0 Å². The molecular formula is C13H16F3N3O2. The second-order valence-electron chi connectivity index (χ2n) is 4.83. The molecule has 1 aliphatic heterocycles. The lowest BCUT2D eigenvalue weighted by molar-refractivity contribution is -0.138. The zero-order valence-corrected chi connectivity index (χ0v) is 11.3. The van der Waals surface area contributed by atoms with Crippen LogP contribution in [0.2, 0.25) is 0 Å². The first kappa shape index (κ1) is 15.6. The van der Waals surface area contributed by atoms with Crippen molar-refractivity contribution in [1.82, 2.24) is 14.8 Å². The van der Waals surface area contributed by atoms with E-state index in [1.54, 1.807) is 4.90 Å². The van der Waals surface area contributed by atoms with Gasteiger partial charge in [-0.1, -0.05) is 0 Å². The molecule has 0 aliphatic carbocycles. The molecule has 1 amide bonds. The maximum absolute atomic E-state index is 12.6. The van der Waals surface area contributed by atoms with Gasteiger partial charge in [0.05, 0.1) is 5.56 Å². The standard InChI is InChI=1S/C13H16F3N3O2/c14-13(15,16)10-1-2-11(20)19(9-10)6-3-12(21)18-7-4-17-5-8-18/h1-2,9,17H,3-8H2. The Labute approximate surface area is 119 Å². The number of hydrogen-bond donors (Lipinski definition) is 1. The number of carbonyl (C=O) groups excluding carboxylic acids is 1. The average Bonchev–Trinajstić information content (AvgIpc) is 2.45. The number of carbonyl (C=O) groups is 1. The highest BCUT2D eigenvalue weighted by Crippen LogP contribution is 2.28. The molecule has 0 atom stereocenters. The van der Waals surface area contributed by atoms with Gasteiger partial charge >= 0.3 is 6.18 Å². The number of rotatable bonds is 3. The first-order valence-electron chi connectivity index (χ1n) is 6.64. The van der Waals surface area contributed by atoms with Gasteiger partial charge in [-0.05, 0) is 6.07 Å². The predicted octanol–water partition coefficient (Wildman–Crippen LogP) is 0.689. The molecule has 0 bridgehead atoms. The molecule has 116 valence electrons. The lowest BCUT2D eigenvalue weighted by atomic mass is 10.2. The molecule has 8 heteroatoms. The molecule has 21 heavy (non-hydrogen) atoms. The Bertz CT molecular complexity index is 563. The van der Waals surface area contributed by atoms with E-state index < -0.39 is 17.3 Å². The van der Waals surface area contributed by atoms with Crippen LogP contribution in [0.4, 0.5) is 13.2 Å². The number of nitrogens with zero attached hydrogens (tertiary/aromatic N) is 2. The third-order valence-corrected chi connectivity index (χ3v) is 3.35. The highest BCUT2D eigenvalue weighted by atomic mass is 19.4. The zero-order valence-electron chi connectivity index (χ0n) is 11.3. The second kappa shape index (κ2) is 6.30. The van der Waals surface area contributed by atoms with Crippen LogP contribution in [0, 0.1) is 0 Å². The Morgan fingerprint density at radius 2 is 1.90 bits per heavy atom. The molecule has 1 fully saturated rings. The van der Waals surface area contributed by atoms with Crippen molar-refractivity contribution in [2.75, 3.05) is 26.2 Å². The minimum Gasteiger partial charge on any atom is -0.340 e. The van der Waals surface area contributed by atoms with Gasteiger partial charge in [-0.15, -0.1) is 0 Å². The molecule has 0 unspecified atom stereocenters. The molecule has 1 aliphatic rings. The quantitative estimate of drug-likeness (QED) is 0.894. The molecule has 1 N–H and O–H groups in total. The topological polar surface area (TPSA) is 54.3 Å². The number of aryl methyl sites for hydroxylation is 1. The summed E-state index contributed by atoms with van der Waals surface area (Å²) in [4.78, 5) is 25.1. The lowest BCUT2D eigenvalue weighted by Crippen LogP contribution is -2.46. The van der Waals surface area contributed by atoms with E-state index >= 15 is 0 Å². The van der Waals surface area contributed by atoms with Gasteiger partial charge in [0.2, 0.25) is 5.91 Å². The van der Waals surface area contributed by atoms with Crippen molar-refractivity contribution >= 4 is 5.91 Å². The summed E-state index contributed by atoms with van der Waals surface area (Å²) in [7, 11) is 0. The molecule has 0 saturated carbocycles. The molecule has 2 rings (SSSR count). The summed E-state index contributed by atoms with van der Waals surface area (Å²) < 4.78 is 38.7. The number of halogens is 3. The van der Waals surface area contributed by atoms with Gasteiger partial charge in [0, 0.05) is 51.4 Å². The van der Waals surface area contributed by atoms with E-state index in [4.69, 9.17) is 0 Å². The third-order valence-electron chi connectivity index (χ3n) is 3.35. The summed E-state index contributed by atoms with van der Waals surface area (Å²) in [5, 5.41) is 3.10. The van der Waals surface area contributed by atoms with Crippen LogP contribution in [0.5, 0.6) is 0 Å². The number of hydrogen-bond acceptors (Lipinski definition) is 3. The van der Waals surface area contributed by atoms with Gasteiger partial charge in [0.1, 0.15) is 0 Å². The van der Waals surface area contributed by atoms with Gasteiger partial charge in [-0.2, -0.15) is 13.2 Å². The molecular weight excluding hydrogens is 287 g/mol. The predicted molar refractivity (Wildman–Crippen MR) is 69.8 cm³/mol. The van der Waals surface area contributed by atoms with Crippen LogP contribution < -0.4 is 10.9 Å². The van der Waals surface area contributed by atoms with E-state index in [1.165, 1.54) is 0 Å². The summed E-state index contributed by atoms with van der Waals surface area (Å²) in [6.45, 7) is 2.52. The number of pyridine rings is 1. The van der Waals surface area contributed by atoms with Crippen LogP contribution in [0.3, 0.4) is 0 Å². The fourth-order valence-electron chi connectivity index (χ4n) is 2.16. The first-order chi connectivity index (χ1) is 9.88. The van der Waals surface area contributed by atoms with Crippen molar-refractivity contribution < 1.29 is 18.0 Å². The van der Waals surface area contributed by atoms with Crippen LogP contribution in [-0.2, 0) is 17.5 Å². The van der Waals surface area contributed by atoms with E-state index in [0.717, 1.165) is 22.9 Å². The lowest BCUT2D eigenvalue weighted by Gasteiger charge is -2.27. The molecule has 0 radical (unpaired) electrons. The third kappa shape index (κ3) is 4.07. The summed E-state index contributed by atoms with van der Waals surface area (Å²) in [5.41, 5.74) is -1.44. The van der Waals surface area contributed by atoms with Gasteiger partial charge in [0.25, 0.3) is 5.56 Å². The van der Waals surface area contributed by atoms with E-state index in [-0.39, 0.29) is 18.9 Å². The molecule has 1 aromatic rings. The number of alkyl halides is 3. The summed E-state index contributed by atoms with van der Waals surface area (Å²) in [6.07, 6.45) is -3.73. The maximum Gasteiger partial charge on any atom is 0.417 e. The Morgan fingerprint density at radius 3 is 2.52 bits per heavy atom. The maximum atomic E-state index is 12.6. The van der Waals surface area contributed by atoms with Crippen molar-refractivity contribution in [2.24, 2.45) is 0 Å². The van der Waals surface area contributed by atoms with Crippen LogP contribution in [0.1, 0.15) is 12.0 Å². The van der Waals surface area contributed by atoms with Crippen molar-refractivity contribution in [1.29, 1.82) is 0 Å². The molecule has 0 aromatic carbocycles. The Kier molecular flexibility index (Phi) is 4.66. The summed E-state index contributed by atoms with van der Waals surface area (Å²) in [6, 6.07) is 1.62. The van der Waals surface area contributed by atoms with Gasteiger partial charge in [-0.25, -0.2) is 0 Å². The molecule has 0 spiro atoms. The van der Waals surface area contributed by atoms with Crippen molar-refractivity contribution in [3.63, 3.8) is 0 Å². The van der Waals surface area contributed by atoms with Crippen LogP contribution in [0.15, 0.2) is 23.1 Å². The minimum absolute atomic E-state index is 0.0151. The highest BCUT2D eigenvalue weighted by molar-refractivity contribution is 5.76. The second-order valence-corrected chi connectivity index (χ2v) is 4.83.